The molecule has 0 radical (unpaired) electrons. The topological polar surface area (TPSA) is 25.8 Å². The first-order chi connectivity index (χ1) is 3.39. The quantitative estimate of drug-likeness (QED) is 0.389. The van der Waals surface area contributed by atoms with Gasteiger partial charge in [0.1, 0.15) is 0 Å². The fourth-order valence-corrected chi connectivity index (χ4v) is 0.374. The van der Waals surface area contributed by atoms with Gasteiger partial charge in [-0.3, -0.25) is 0 Å². The maximum atomic E-state index is 3.87. The van der Waals surface area contributed by atoms with Crippen molar-refractivity contribution in [2.24, 2.45) is 0 Å². The van der Waals surface area contributed by atoms with E-state index in [1.165, 1.54) is 0 Å². The van der Waals surface area contributed by atoms with Crippen LogP contribution in [0.2, 0.25) is 0 Å². The summed E-state index contributed by atoms with van der Waals surface area (Å²) in [6.45, 7) is 0. The first-order valence-corrected chi connectivity index (χ1v) is 2.13. The van der Waals surface area contributed by atoms with Crippen LogP contribution >= 0.6 is 0 Å². The first-order valence-electron chi connectivity index (χ1n) is 2.13. The van der Waals surface area contributed by atoms with Crippen molar-refractivity contribution >= 4 is 22.2 Å². The summed E-state index contributed by atoms with van der Waals surface area (Å²) < 4.78 is 0.822. The Hall–Kier alpha value is -0.323. The molecule has 7 heavy (non-hydrogen) atoms. The third-order valence-electron chi connectivity index (χ3n) is 0.695. The van der Waals surface area contributed by atoms with Crippen LogP contribution in [-0.4, -0.2) is 27.7 Å². The van der Waals surface area contributed by atoms with Crippen molar-refractivity contribution in [2.45, 2.75) is 0 Å². The van der Waals surface area contributed by atoms with E-state index in [1.807, 2.05) is 17.7 Å². The monoisotopic (exact) mass is 86.0 g/mol. The SMILES string of the molecule is [Li][c]1ncccn1. The van der Waals surface area contributed by atoms with Crippen LogP contribution in [0.3, 0.4) is 0 Å². The van der Waals surface area contributed by atoms with Gasteiger partial charge < -0.3 is 0 Å². The molecule has 0 fully saturated rings. The van der Waals surface area contributed by atoms with E-state index >= 15 is 0 Å². The summed E-state index contributed by atoms with van der Waals surface area (Å²) in [6, 6.07) is 1.80. The second-order valence-corrected chi connectivity index (χ2v) is 1.30. The third-order valence-corrected chi connectivity index (χ3v) is 0.695. The van der Waals surface area contributed by atoms with E-state index < -0.39 is 0 Å². The number of hydrogen-bond donors (Lipinski definition) is 0. The summed E-state index contributed by atoms with van der Waals surface area (Å²) in [5.41, 5.74) is 0. The van der Waals surface area contributed by atoms with Crippen molar-refractivity contribution in [2.75, 3.05) is 0 Å². The molecule has 0 saturated heterocycles. The van der Waals surface area contributed by atoms with Gasteiger partial charge in [-0.1, -0.05) is 0 Å². The maximum absolute atomic E-state index is 3.87. The molecule has 30 valence electrons. The van der Waals surface area contributed by atoms with E-state index in [1.54, 1.807) is 18.5 Å². The number of aromatic nitrogens is 2. The molecule has 0 unspecified atom stereocenters. The van der Waals surface area contributed by atoms with Crippen molar-refractivity contribution in [3.8, 4) is 0 Å². The molecule has 1 aromatic heterocycles. The molecule has 3 heteroatoms. The van der Waals surface area contributed by atoms with Gasteiger partial charge in [-0.05, 0) is 0 Å². The van der Waals surface area contributed by atoms with Gasteiger partial charge in [0.25, 0.3) is 0 Å². The Kier molecular flexibility index (Phi) is 1.45. The van der Waals surface area contributed by atoms with Gasteiger partial charge in [0.05, 0.1) is 0 Å². The molecule has 0 aliphatic carbocycles. The summed E-state index contributed by atoms with van der Waals surface area (Å²) in [5.74, 6) is 0. The Labute approximate surface area is 51.2 Å². The molecule has 0 bridgehead atoms. The Morgan fingerprint density at radius 2 is 1.86 bits per heavy atom. The molecule has 1 heterocycles. The molecule has 0 atom stereocenters. The zero-order valence-electron chi connectivity index (χ0n) is 4.13. The summed E-state index contributed by atoms with van der Waals surface area (Å²) in [7, 11) is 0. The van der Waals surface area contributed by atoms with E-state index in [0.29, 0.717) is 0 Å². The molecule has 0 saturated carbocycles. The molecule has 1 rings (SSSR count). The van der Waals surface area contributed by atoms with E-state index in [9.17, 15) is 0 Å². The predicted octanol–water partition coefficient (Wildman–Crippen LogP) is -0.730. The summed E-state index contributed by atoms with van der Waals surface area (Å²) in [5, 5.41) is 0. The molecular formula is C4H3LiN2. The molecule has 1 aromatic rings. The van der Waals surface area contributed by atoms with Crippen molar-refractivity contribution < 1.29 is 0 Å². The van der Waals surface area contributed by atoms with Crippen molar-refractivity contribution in [3.63, 3.8) is 0 Å². The van der Waals surface area contributed by atoms with Crippen LogP contribution in [0.5, 0.6) is 0 Å². The van der Waals surface area contributed by atoms with Crippen LogP contribution in [0.25, 0.3) is 0 Å². The minimum atomic E-state index is 0.822. The van der Waals surface area contributed by atoms with Gasteiger partial charge in [0, 0.05) is 0 Å². The average Bonchev–Trinajstić information content (AvgIpc) is 1.69. The molecule has 0 N–H and O–H groups in total. The zero-order chi connectivity index (χ0) is 5.11. The molecule has 0 spiro atoms. The Balaban J connectivity index is 3.02. The minimum absolute atomic E-state index is 0.822. The number of rotatable bonds is 0. The Morgan fingerprint density at radius 1 is 1.29 bits per heavy atom. The zero-order valence-corrected chi connectivity index (χ0v) is 4.13. The van der Waals surface area contributed by atoms with Gasteiger partial charge in [0.2, 0.25) is 0 Å². The molecule has 0 amide bonds. The van der Waals surface area contributed by atoms with E-state index in [0.717, 1.165) is 4.50 Å². The number of nitrogens with zero attached hydrogens (tertiary/aromatic N) is 2. The second kappa shape index (κ2) is 2.11. The molecule has 0 aliphatic rings. The van der Waals surface area contributed by atoms with E-state index in [4.69, 9.17) is 0 Å². The number of hydrogen-bond acceptors (Lipinski definition) is 2. The van der Waals surface area contributed by atoms with Gasteiger partial charge in [-0.25, -0.2) is 0 Å². The Bertz CT molecular complexity index is 140. The average molecular weight is 86.0 g/mol. The third kappa shape index (κ3) is 1.30. The molecular weight excluding hydrogens is 83.0 g/mol. The first kappa shape index (κ1) is 4.83. The Morgan fingerprint density at radius 3 is 2.14 bits per heavy atom. The van der Waals surface area contributed by atoms with Gasteiger partial charge >= 0.3 is 50.6 Å². The van der Waals surface area contributed by atoms with Crippen molar-refractivity contribution in [3.05, 3.63) is 18.5 Å². The van der Waals surface area contributed by atoms with Gasteiger partial charge in [-0.2, -0.15) is 0 Å². The molecule has 0 aromatic carbocycles. The van der Waals surface area contributed by atoms with Gasteiger partial charge in [0.15, 0.2) is 0 Å². The van der Waals surface area contributed by atoms with Crippen LogP contribution in [0.1, 0.15) is 0 Å². The van der Waals surface area contributed by atoms with Crippen LogP contribution in [0.4, 0.5) is 0 Å². The van der Waals surface area contributed by atoms with E-state index in [-0.39, 0.29) is 0 Å². The standard InChI is InChI=1S/C4H3N2.Li/c1-2-5-4-6-3-1;/h1-3H;. The summed E-state index contributed by atoms with van der Waals surface area (Å²) in [6.07, 6.45) is 3.45. The van der Waals surface area contributed by atoms with Crippen LogP contribution in [0.15, 0.2) is 18.5 Å². The fourth-order valence-electron chi connectivity index (χ4n) is 0.374. The van der Waals surface area contributed by atoms with Crippen molar-refractivity contribution in [1.29, 1.82) is 0 Å². The summed E-state index contributed by atoms with van der Waals surface area (Å²) in [4.78, 5) is 7.74. The predicted molar refractivity (Wildman–Crippen MR) is 27.4 cm³/mol. The van der Waals surface area contributed by atoms with Gasteiger partial charge in [-0.15, -0.1) is 0 Å². The van der Waals surface area contributed by atoms with E-state index in [2.05, 4.69) is 9.97 Å². The molecule has 2 nitrogen and oxygen atoms in total. The van der Waals surface area contributed by atoms with Crippen molar-refractivity contribution in [1.82, 2.24) is 9.97 Å². The summed E-state index contributed by atoms with van der Waals surface area (Å²) >= 11 is 1.86. The normalized spacial score (nSPS) is 8.86. The van der Waals surface area contributed by atoms with Crippen LogP contribution < -0.4 is 4.50 Å². The second-order valence-electron chi connectivity index (χ2n) is 1.30. The fraction of sp³-hybridized carbons (Fsp3) is 0. The van der Waals surface area contributed by atoms with Crippen LogP contribution in [-0.2, 0) is 0 Å². The molecule has 0 aliphatic heterocycles. The van der Waals surface area contributed by atoms with Crippen LogP contribution in [0, 0.1) is 0 Å².